The molecule has 0 aliphatic carbocycles. The summed E-state index contributed by atoms with van der Waals surface area (Å²) in [4.78, 5) is 10.1. The second-order valence-electron chi connectivity index (χ2n) is 4.61. The largest absolute Gasteiger partial charge is 0.433 e. The number of nitrogens with one attached hydrogen (secondary N) is 1. The van der Waals surface area contributed by atoms with Gasteiger partial charge in [-0.25, -0.2) is 4.39 Å². The predicted molar refractivity (Wildman–Crippen MR) is 72.1 cm³/mol. The fourth-order valence-corrected chi connectivity index (χ4v) is 2.40. The van der Waals surface area contributed by atoms with Gasteiger partial charge in [0.15, 0.2) is 0 Å². The smallest absolute Gasteiger partial charge is 0.404 e. The van der Waals surface area contributed by atoms with Crippen LogP contribution in [-0.2, 0) is 0 Å². The van der Waals surface area contributed by atoms with E-state index >= 15 is 0 Å². The van der Waals surface area contributed by atoms with Gasteiger partial charge in [-0.15, -0.1) is 0 Å². The Hall–Kier alpha value is -2.21. The Kier molecular flexibility index (Phi) is 3.85. The molecule has 0 saturated carbocycles. The Morgan fingerprint density at radius 2 is 1.90 bits per heavy atom. The number of hydrogen-bond acceptors (Lipinski definition) is 4. The van der Waals surface area contributed by atoms with Gasteiger partial charge in [-0.05, 0) is 55.8 Å². The first kappa shape index (κ1) is 14.2. The van der Waals surface area contributed by atoms with Crippen molar-refractivity contribution in [3.63, 3.8) is 0 Å². The number of hydrogen-bond donors (Lipinski definition) is 1. The summed E-state index contributed by atoms with van der Waals surface area (Å²) in [5.41, 5.74) is 2.39. The summed E-state index contributed by atoms with van der Waals surface area (Å²) < 4.78 is 18.6. The summed E-state index contributed by atoms with van der Waals surface area (Å²) in [5.74, 6) is -0.182. The van der Waals surface area contributed by atoms with Crippen molar-refractivity contribution in [2.24, 2.45) is 0 Å². The molecule has 1 heterocycles. The van der Waals surface area contributed by atoms with Gasteiger partial charge in [-0.3, -0.25) is 10.1 Å². The van der Waals surface area contributed by atoms with Gasteiger partial charge in [0.25, 0.3) is 0 Å². The minimum absolute atomic E-state index is 0.302. The van der Waals surface area contributed by atoms with Crippen molar-refractivity contribution in [2.75, 3.05) is 7.05 Å². The van der Waals surface area contributed by atoms with Crippen LogP contribution in [0.15, 0.2) is 28.7 Å². The third kappa shape index (κ3) is 2.55. The summed E-state index contributed by atoms with van der Waals surface area (Å²) in [7, 11) is 1.72. The van der Waals surface area contributed by atoms with Gasteiger partial charge in [0.2, 0.25) is 0 Å². The van der Waals surface area contributed by atoms with Crippen molar-refractivity contribution in [1.82, 2.24) is 5.32 Å². The van der Waals surface area contributed by atoms with Crippen molar-refractivity contribution in [3.8, 4) is 0 Å². The van der Waals surface area contributed by atoms with E-state index < -0.39 is 4.92 Å². The molecule has 0 bridgehead atoms. The molecule has 0 radical (unpaired) electrons. The van der Waals surface area contributed by atoms with Crippen LogP contribution in [0.5, 0.6) is 0 Å². The summed E-state index contributed by atoms with van der Waals surface area (Å²) in [6.45, 7) is 3.60. The van der Waals surface area contributed by atoms with E-state index in [1.165, 1.54) is 18.2 Å². The Balaban J connectivity index is 2.49. The second kappa shape index (κ2) is 5.42. The molecule has 6 heteroatoms. The molecule has 0 spiro atoms. The molecule has 0 amide bonds. The first-order valence-electron chi connectivity index (χ1n) is 6.12. The molecule has 2 aromatic rings. The number of nitro groups is 1. The molecule has 1 N–H and O–H groups in total. The lowest BCUT2D eigenvalue weighted by molar-refractivity contribution is -0.402. The van der Waals surface area contributed by atoms with E-state index in [-0.39, 0.29) is 17.7 Å². The molecule has 20 heavy (non-hydrogen) atoms. The lowest BCUT2D eigenvalue weighted by atomic mass is 9.94. The zero-order valence-electron chi connectivity index (χ0n) is 11.4. The Labute approximate surface area is 115 Å². The zero-order chi connectivity index (χ0) is 14.9. The summed E-state index contributed by atoms with van der Waals surface area (Å²) in [6, 6.07) is 5.38. The van der Waals surface area contributed by atoms with Gasteiger partial charge in [0, 0.05) is 0 Å². The van der Waals surface area contributed by atoms with E-state index in [0.717, 1.165) is 16.7 Å². The average molecular weight is 278 g/mol. The molecular weight excluding hydrogens is 263 g/mol. The summed E-state index contributed by atoms with van der Waals surface area (Å²) in [5, 5.41) is 13.7. The molecule has 0 aliphatic heterocycles. The van der Waals surface area contributed by atoms with Gasteiger partial charge < -0.3 is 9.73 Å². The van der Waals surface area contributed by atoms with Crippen molar-refractivity contribution in [1.29, 1.82) is 0 Å². The third-order valence-electron chi connectivity index (χ3n) is 3.21. The molecule has 1 aromatic heterocycles. The van der Waals surface area contributed by atoms with Crippen LogP contribution in [0.1, 0.15) is 28.5 Å². The molecule has 5 nitrogen and oxygen atoms in total. The first-order chi connectivity index (χ1) is 9.43. The number of benzene rings is 1. The van der Waals surface area contributed by atoms with Crippen LogP contribution in [0.25, 0.3) is 0 Å². The molecule has 0 saturated heterocycles. The van der Waals surface area contributed by atoms with Crippen LogP contribution in [0.4, 0.5) is 10.3 Å². The maximum Gasteiger partial charge on any atom is 0.433 e. The normalized spacial score (nSPS) is 12.4. The van der Waals surface area contributed by atoms with Gasteiger partial charge in [0.1, 0.15) is 16.5 Å². The van der Waals surface area contributed by atoms with Crippen molar-refractivity contribution in [3.05, 3.63) is 62.6 Å². The van der Waals surface area contributed by atoms with E-state index in [1.807, 2.05) is 0 Å². The topological polar surface area (TPSA) is 68.3 Å². The van der Waals surface area contributed by atoms with E-state index in [4.69, 9.17) is 4.42 Å². The number of halogens is 1. The highest BCUT2D eigenvalue weighted by atomic mass is 19.1. The highest BCUT2D eigenvalue weighted by Crippen LogP contribution is 2.31. The second-order valence-corrected chi connectivity index (χ2v) is 4.61. The molecular formula is C14H15FN2O3. The Morgan fingerprint density at radius 1 is 1.30 bits per heavy atom. The lowest BCUT2D eigenvalue weighted by Gasteiger charge is -2.19. The highest BCUT2D eigenvalue weighted by Gasteiger charge is 2.23. The maximum atomic E-state index is 13.4. The molecule has 1 unspecified atom stereocenters. The van der Waals surface area contributed by atoms with E-state index in [0.29, 0.717) is 5.76 Å². The number of nitrogens with zero attached hydrogens (tertiary/aromatic N) is 1. The summed E-state index contributed by atoms with van der Waals surface area (Å²) >= 11 is 0. The maximum absolute atomic E-state index is 13.4. The quantitative estimate of drug-likeness (QED) is 0.688. The van der Waals surface area contributed by atoms with Crippen molar-refractivity contribution >= 4 is 5.88 Å². The molecule has 0 aliphatic rings. The Morgan fingerprint density at radius 3 is 2.35 bits per heavy atom. The van der Waals surface area contributed by atoms with Crippen LogP contribution >= 0.6 is 0 Å². The summed E-state index contributed by atoms with van der Waals surface area (Å²) in [6.07, 6.45) is 0. The fourth-order valence-electron chi connectivity index (χ4n) is 2.40. The highest BCUT2D eigenvalue weighted by molar-refractivity contribution is 5.41. The van der Waals surface area contributed by atoms with Gasteiger partial charge in [-0.2, -0.15) is 0 Å². The van der Waals surface area contributed by atoms with E-state index in [9.17, 15) is 14.5 Å². The first-order valence-corrected chi connectivity index (χ1v) is 6.12. The van der Waals surface area contributed by atoms with Crippen LogP contribution in [0, 0.1) is 29.8 Å². The molecule has 1 atom stereocenters. The standard InChI is InChI=1S/C14H15FN2O3/c1-8-6-10(15)7-9(2)13(8)14(16-3)11-4-5-12(20-11)17(18)19/h4-7,14,16H,1-3H3. The van der Waals surface area contributed by atoms with Crippen LogP contribution in [0.2, 0.25) is 0 Å². The molecule has 1 aromatic carbocycles. The molecule has 0 fully saturated rings. The lowest BCUT2D eigenvalue weighted by Crippen LogP contribution is -2.19. The van der Waals surface area contributed by atoms with Crippen LogP contribution in [-0.4, -0.2) is 12.0 Å². The minimum atomic E-state index is -0.583. The number of rotatable bonds is 4. The van der Waals surface area contributed by atoms with Gasteiger partial charge >= 0.3 is 5.88 Å². The SMILES string of the molecule is CNC(c1ccc([N+](=O)[O-])o1)c1c(C)cc(F)cc1C. The van der Waals surface area contributed by atoms with Crippen LogP contribution < -0.4 is 5.32 Å². The monoisotopic (exact) mass is 278 g/mol. The molecule has 106 valence electrons. The van der Waals surface area contributed by atoms with E-state index in [1.54, 1.807) is 27.0 Å². The average Bonchev–Trinajstić information content (AvgIpc) is 2.82. The van der Waals surface area contributed by atoms with Crippen molar-refractivity contribution in [2.45, 2.75) is 19.9 Å². The fraction of sp³-hybridized carbons (Fsp3) is 0.286. The van der Waals surface area contributed by atoms with E-state index in [2.05, 4.69) is 5.32 Å². The zero-order valence-corrected chi connectivity index (χ0v) is 11.4. The molecule has 2 rings (SSSR count). The minimum Gasteiger partial charge on any atom is -0.404 e. The van der Waals surface area contributed by atoms with Gasteiger partial charge in [-0.1, -0.05) is 0 Å². The number of aryl methyl sites for hydroxylation is 2. The third-order valence-corrected chi connectivity index (χ3v) is 3.21. The Bertz CT molecular complexity index is 629. The van der Waals surface area contributed by atoms with Crippen molar-refractivity contribution < 1.29 is 13.7 Å². The predicted octanol–water partition coefficient (Wildman–Crippen LogP) is 3.25. The van der Waals surface area contributed by atoms with Gasteiger partial charge in [0.05, 0.1) is 12.1 Å². The van der Waals surface area contributed by atoms with Crippen LogP contribution in [0.3, 0.4) is 0 Å². The number of furan rings is 1.